The summed E-state index contributed by atoms with van der Waals surface area (Å²) in [6.07, 6.45) is -9.59. The van der Waals surface area contributed by atoms with Crippen molar-refractivity contribution in [3.8, 4) is 0 Å². The number of nitrogen functional groups attached to an aromatic ring is 1. The molecule has 13 nitrogen and oxygen atoms in total. The number of hydrogen-bond donors (Lipinski definition) is 2. The van der Waals surface area contributed by atoms with E-state index in [0.29, 0.717) is 5.69 Å². The van der Waals surface area contributed by atoms with Crippen LogP contribution in [0.4, 0.5) is 20.1 Å². The standard InChI is InChI=1S/C19H25NO12/c1-25-16(22)29-13-12(9-21)32-19(28-4,10-5-7-11(20)8-6-10)15(31-18(24)27-3)14(13)30-17(23)26-2/h5-8,12-15,21H,9,20H2,1-4H3/t12-,13+,14+,15-,19-/m1/s1. The number of rotatable bonds is 6. The number of methoxy groups -OCH3 is 4. The topological polar surface area (TPSA) is 171 Å². The highest BCUT2D eigenvalue weighted by Gasteiger charge is 2.62. The first-order valence-electron chi connectivity index (χ1n) is 9.19. The van der Waals surface area contributed by atoms with Crippen molar-refractivity contribution in [1.29, 1.82) is 0 Å². The minimum Gasteiger partial charge on any atom is -0.438 e. The van der Waals surface area contributed by atoms with Gasteiger partial charge in [0.2, 0.25) is 11.9 Å². The van der Waals surface area contributed by atoms with Gasteiger partial charge in [-0.1, -0.05) is 12.1 Å². The van der Waals surface area contributed by atoms with E-state index in [1.165, 1.54) is 31.4 Å². The highest BCUT2D eigenvalue weighted by atomic mass is 16.8. The van der Waals surface area contributed by atoms with Crippen LogP contribution < -0.4 is 5.73 Å². The second-order valence-corrected chi connectivity index (χ2v) is 6.40. The number of ether oxygens (including phenoxy) is 8. The van der Waals surface area contributed by atoms with Gasteiger partial charge in [0.1, 0.15) is 6.10 Å². The highest BCUT2D eigenvalue weighted by Crippen LogP contribution is 2.43. The number of carbonyl (C=O) groups excluding carboxylic acids is 3. The molecule has 178 valence electrons. The fourth-order valence-corrected chi connectivity index (χ4v) is 3.22. The van der Waals surface area contributed by atoms with E-state index in [1.54, 1.807) is 0 Å². The minimum atomic E-state index is -1.95. The van der Waals surface area contributed by atoms with Gasteiger partial charge in [-0.3, -0.25) is 0 Å². The van der Waals surface area contributed by atoms with Gasteiger partial charge < -0.3 is 48.7 Å². The van der Waals surface area contributed by atoms with Crippen molar-refractivity contribution in [3.05, 3.63) is 29.8 Å². The molecule has 1 fully saturated rings. The van der Waals surface area contributed by atoms with Gasteiger partial charge in [-0.15, -0.1) is 0 Å². The summed E-state index contributed by atoms with van der Waals surface area (Å²) in [5, 5.41) is 9.95. The Hall–Kier alpha value is -3.29. The molecule has 0 aliphatic carbocycles. The average Bonchev–Trinajstić information content (AvgIpc) is 2.81. The molecule has 1 saturated heterocycles. The second kappa shape index (κ2) is 10.8. The van der Waals surface area contributed by atoms with E-state index in [9.17, 15) is 19.5 Å². The van der Waals surface area contributed by atoms with Crippen LogP contribution in [0, 0.1) is 0 Å². The number of aliphatic hydroxyl groups is 1. The highest BCUT2D eigenvalue weighted by molar-refractivity contribution is 5.62. The number of carbonyl (C=O) groups is 3. The summed E-state index contributed by atoms with van der Waals surface area (Å²) >= 11 is 0. The van der Waals surface area contributed by atoms with Crippen LogP contribution in [0.2, 0.25) is 0 Å². The molecule has 0 saturated carbocycles. The fourth-order valence-electron chi connectivity index (χ4n) is 3.22. The summed E-state index contributed by atoms with van der Waals surface area (Å²) in [5.41, 5.74) is 6.44. The molecule has 32 heavy (non-hydrogen) atoms. The van der Waals surface area contributed by atoms with Gasteiger partial charge in [0.05, 0.1) is 27.9 Å². The predicted octanol–water partition coefficient (Wildman–Crippen LogP) is 0.914. The number of hydrogen-bond acceptors (Lipinski definition) is 13. The zero-order chi connectivity index (χ0) is 23.9. The van der Waals surface area contributed by atoms with Crippen molar-refractivity contribution in [2.45, 2.75) is 30.2 Å². The molecular formula is C19H25NO12. The van der Waals surface area contributed by atoms with Crippen molar-refractivity contribution in [3.63, 3.8) is 0 Å². The molecule has 1 aromatic carbocycles. The van der Waals surface area contributed by atoms with Crippen LogP contribution in [0.25, 0.3) is 0 Å². The summed E-state index contributed by atoms with van der Waals surface area (Å²) in [6, 6.07) is 6.07. The van der Waals surface area contributed by atoms with Gasteiger partial charge in [-0.05, 0) is 12.1 Å². The normalized spacial score (nSPS) is 27.0. The molecule has 1 aromatic rings. The van der Waals surface area contributed by atoms with E-state index in [2.05, 4.69) is 14.2 Å². The van der Waals surface area contributed by atoms with E-state index < -0.39 is 55.3 Å². The van der Waals surface area contributed by atoms with Gasteiger partial charge in [-0.2, -0.15) is 0 Å². The lowest BCUT2D eigenvalue weighted by atomic mass is 9.87. The van der Waals surface area contributed by atoms with E-state index in [4.69, 9.17) is 29.4 Å². The SMILES string of the molecule is COC(=O)O[C@@H]1[C@H](OC(=O)OC)[C@@H](OC(=O)OC)[C@@](OC)(c2ccc(N)cc2)O[C@@H]1CO. The smallest absolute Gasteiger partial charge is 0.438 e. The van der Waals surface area contributed by atoms with Gasteiger partial charge in [0.15, 0.2) is 12.2 Å². The molecule has 0 radical (unpaired) electrons. The molecule has 0 spiro atoms. The molecule has 0 amide bonds. The Balaban J connectivity index is 2.68. The molecule has 0 unspecified atom stereocenters. The van der Waals surface area contributed by atoms with Crippen molar-refractivity contribution in [1.82, 2.24) is 0 Å². The maximum atomic E-state index is 12.1. The van der Waals surface area contributed by atoms with Crippen molar-refractivity contribution < 1.29 is 57.4 Å². The van der Waals surface area contributed by atoms with E-state index >= 15 is 0 Å². The molecule has 5 atom stereocenters. The number of benzene rings is 1. The summed E-state index contributed by atoms with van der Waals surface area (Å²) in [6.45, 7) is -0.715. The van der Waals surface area contributed by atoms with Crippen molar-refractivity contribution >= 4 is 24.2 Å². The molecule has 3 N–H and O–H groups in total. The zero-order valence-electron chi connectivity index (χ0n) is 17.8. The fraction of sp³-hybridized carbons (Fsp3) is 0.526. The Labute approximate surface area is 183 Å². The van der Waals surface area contributed by atoms with Gasteiger partial charge >= 0.3 is 18.5 Å². The lowest BCUT2D eigenvalue weighted by molar-refractivity contribution is -0.366. The molecule has 2 rings (SSSR count). The molecule has 1 heterocycles. The predicted molar refractivity (Wildman–Crippen MR) is 103 cm³/mol. The molecule has 1 aliphatic heterocycles. The van der Waals surface area contributed by atoms with Crippen LogP contribution in [0.3, 0.4) is 0 Å². The molecule has 13 heteroatoms. The first-order valence-corrected chi connectivity index (χ1v) is 9.19. The van der Waals surface area contributed by atoms with Gasteiger partial charge in [0.25, 0.3) is 0 Å². The number of nitrogens with two attached hydrogens (primary N) is 1. The van der Waals surface area contributed by atoms with Crippen LogP contribution >= 0.6 is 0 Å². The maximum absolute atomic E-state index is 12.1. The Morgan fingerprint density at radius 2 is 1.41 bits per heavy atom. The Morgan fingerprint density at radius 3 is 1.88 bits per heavy atom. The van der Waals surface area contributed by atoms with E-state index in [1.807, 2.05) is 0 Å². The van der Waals surface area contributed by atoms with Crippen LogP contribution in [-0.4, -0.2) is 83.0 Å². The second-order valence-electron chi connectivity index (χ2n) is 6.40. The monoisotopic (exact) mass is 459 g/mol. The summed E-state index contributed by atoms with van der Waals surface area (Å²) in [7, 11) is 4.38. The molecular weight excluding hydrogens is 434 g/mol. The molecule has 1 aliphatic rings. The molecule has 0 bridgehead atoms. The molecule has 0 aromatic heterocycles. The lowest BCUT2D eigenvalue weighted by Crippen LogP contribution is -2.67. The van der Waals surface area contributed by atoms with Crippen molar-refractivity contribution in [2.24, 2.45) is 0 Å². The number of anilines is 1. The third kappa shape index (κ3) is 5.12. The third-order valence-electron chi connectivity index (χ3n) is 4.67. The lowest BCUT2D eigenvalue weighted by Gasteiger charge is -2.49. The van der Waals surface area contributed by atoms with Crippen LogP contribution in [0.1, 0.15) is 5.56 Å². The largest absolute Gasteiger partial charge is 0.508 e. The summed E-state index contributed by atoms with van der Waals surface area (Å²) in [4.78, 5) is 35.9. The van der Waals surface area contributed by atoms with Crippen molar-refractivity contribution in [2.75, 3.05) is 40.8 Å². The Kier molecular flexibility index (Phi) is 8.46. The van der Waals surface area contributed by atoms with Crippen LogP contribution in [-0.2, 0) is 43.7 Å². The number of aliphatic hydroxyl groups excluding tert-OH is 1. The van der Waals surface area contributed by atoms with Gasteiger partial charge in [0, 0.05) is 18.4 Å². The first-order chi connectivity index (χ1) is 15.3. The van der Waals surface area contributed by atoms with E-state index in [0.717, 1.165) is 21.3 Å². The third-order valence-corrected chi connectivity index (χ3v) is 4.67. The Morgan fingerprint density at radius 1 is 0.906 bits per heavy atom. The minimum absolute atomic E-state index is 0.275. The van der Waals surface area contributed by atoms with Gasteiger partial charge in [-0.25, -0.2) is 14.4 Å². The van der Waals surface area contributed by atoms with Crippen LogP contribution in [0.15, 0.2) is 24.3 Å². The van der Waals surface area contributed by atoms with E-state index in [-0.39, 0.29) is 5.56 Å². The summed E-state index contributed by atoms with van der Waals surface area (Å²) in [5.74, 6) is -1.95. The summed E-state index contributed by atoms with van der Waals surface area (Å²) < 4.78 is 40.9. The quantitative estimate of drug-likeness (QED) is 0.350. The zero-order valence-corrected chi connectivity index (χ0v) is 17.8. The first kappa shape index (κ1) is 25.0. The Bertz CT molecular complexity index is 800. The maximum Gasteiger partial charge on any atom is 0.508 e. The average molecular weight is 459 g/mol. The van der Waals surface area contributed by atoms with Crippen LogP contribution in [0.5, 0.6) is 0 Å².